The van der Waals surface area contributed by atoms with Crippen LogP contribution in [0.15, 0.2) is 95.9 Å². The van der Waals surface area contributed by atoms with Gasteiger partial charge in [-0.2, -0.15) is 0 Å². The molecule has 0 atom stereocenters. The molecule has 0 aliphatic rings. The minimum atomic E-state index is -3.97. The number of amides is 1. The van der Waals surface area contributed by atoms with Gasteiger partial charge in [0.15, 0.2) is 0 Å². The van der Waals surface area contributed by atoms with E-state index in [0.29, 0.717) is 16.4 Å². The lowest BCUT2D eigenvalue weighted by Crippen LogP contribution is -2.29. The molecule has 4 aromatic rings. The van der Waals surface area contributed by atoms with Crippen LogP contribution in [0.3, 0.4) is 0 Å². The lowest BCUT2D eigenvalue weighted by molar-refractivity contribution is 0.102. The van der Waals surface area contributed by atoms with E-state index in [4.69, 9.17) is 34.8 Å². The lowest BCUT2D eigenvalue weighted by atomic mass is 10.1. The van der Waals surface area contributed by atoms with Crippen LogP contribution < -0.4 is 14.3 Å². The Kier molecular flexibility index (Phi) is 8.96. The number of nitrogens with one attached hydrogen (secondary N) is 2. The van der Waals surface area contributed by atoms with Crippen molar-refractivity contribution >= 4 is 77.8 Å². The van der Waals surface area contributed by atoms with E-state index in [1.807, 2.05) is 0 Å². The van der Waals surface area contributed by atoms with Gasteiger partial charge in [0.1, 0.15) is 0 Å². The molecule has 0 saturated carbocycles. The third-order valence-corrected chi connectivity index (χ3v) is 9.27. The highest BCUT2D eigenvalue weighted by Crippen LogP contribution is 2.31. The van der Waals surface area contributed by atoms with Crippen molar-refractivity contribution in [3.63, 3.8) is 0 Å². The first-order chi connectivity index (χ1) is 18.8. The number of hydrogen-bond donors (Lipinski definition) is 2. The molecule has 0 bridgehead atoms. The molecular weight excluding hydrogens is 617 g/mol. The van der Waals surface area contributed by atoms with Gasteiger partial charge in [0.25, 0.3) is 15.9 Å². The molecule has 0 radical (unpaired) electrons. The summed E-state index contributed by atoms with van der Waals surface area (Å²) in [6.07, 6.45) is 1.10. The predicted octanol–water partition coefficient (Wildman–Crippen LogP) is 6.67. The van der Waals surface area contributed by atoms with E-state index < -0.39 is 26.0 Å². The number of hydrogen-bond acceptors (Lipinski definition) is 5. The van der Waals surface area contributed by atoms with E-state index in [1.165, 1.54) is 65.0 Å². The summed E-state index contributed by atoms with van der Waals surface area (Å²) in [6, 6.07) is 23.0. The topological polar surface area (TPSA) is 113 Å². The fourth-order valence-corrected chi connectivity index (χ4v) is 6.13. The summed E-state index contributed by atoms with van der Waals surface area (Å²) in [5, 5.41) is 3.52. The van der Waals surface area contributed by atoms with E-state index in [-0.39, 0.29) is 32.7 Å². The number of anilines is 3. The Bertz CT molecular complexity index is 1750. The summed E-state index contributed by atoms with van der Waals surface area (Å²) in [7, 11) is -7.58. The van der Waals surface area contributed by atoms with E-state index in [9.17, 15) is 21.6 Å². The Hall–Kier alpha value is -3.28. The molecule has 4 rings (SSSR count). The van der Waals surface area contributed by atoms with Crippen LogP contribution in [-0.4, -0.2) is 29.0 Å². The van der Waals surface area contributed by atoms with Gasteiger partial charge in [0, 0.05) is 16.3 Å². The fraction of sp³-hybridized carbons (Fsp3) is 0.0741. The number of carbonyl (C=O) groups excluding carboxylic acids is 1. The van der Waals surface area contributed by atoms with Crippen molar-refractivity contribution in [3.05, 3.63) is 117 Å². The molecule has 40 heavy (non-hydrogen) atoms. The first kappa shape index (κ1) is 29.7. The smallest absolute Gasteiger partial charge is 0.261 e. The van der Waals surface area contributed by atoms with Gasteiger partial charge in [-0.25, -0.2) is 16.8 Å². The molecule has 1 amide bonds. The fourth-order valence-electron chi connectivity index (χ4n) is 3.64. The van der Waals surface area contributed by atoms with Gasteiger partial charge in [0.05, 0.1) is 39.1 Å². The Morgan fingerprint density at radius 2 is 1.43 bits per heavy atom. The van der Waals surface area contributed by atoms with E-state index in [2.05, 4.69) is 10.0 Å². The average Bonchev–Trinajstić information content (AvgIpc) is 2.90. The molecule has 8 nitrogen and oxygen atoms in total. The predicted molar refractivity (Wildman–Crippen MR) is 161 cm³/mol. The number of carbonyl (C=O) groups is 1. The van der Waals surface area contributed by atoms with Crippen LogP contribution in [-0.2, 0) is 26.6 Å². The van der Waals surface area contributed by atoms with Gasteiger partial charge >= 0.3 is 0 Å². The van der Waals surface area contributed by atoms with E-state index in [0.717, 1.165) is 11.8 Å². The quantitative estimate of drug-likeness (QED) is 0.213. The summed E-state index contributed by atoms with van der Waals surface area (Å²) in [4.78, 5) is 12.7. The first-order valence-corrected chi connectivity index (χ1v) is 16.0. The molecule has 0 saturated heterocycles. The number of nitrogens with zero attached hydrogens (tertiary/aromatic N) is 1. The third-order valence-electron chi connectivity index (χ3n) is 5.68. The summed E-state index contributed by atoms with van der Waals surface area (Å²) < 4.78 is 54.0. The summed E-state index contributed by atoms with van der Waals surface area (Å²) >= 11 is 17.9. The molecule has 0 aromatic heterocycles. The van der Waals surface area contributed by atoms with Crippen molar-refractivity contribution in [1.29, 1.82) is 0 Å². The van der Waals surface area contributed by atoms with Crippen LogP contribution >= 0.6 is 34.8 Å². The molecule has 0 fully saturated rings. The Labute approximate surface area is 247 Å². The molecule has 208 valence electrons. The zero-order valence-electron chi connectivity index (χ0n) is 20.8. The van der Waals surface area contributed by atoms with Crippen molar-refractivity contribution in [1.82, 2.24) is 0 Å². The second-order valence-corrected chi connectivity index (χ2v) is 13.4. The zero-order valence-corrected chi connectivity index (χ0v) is 24.7. The standard InChI is InChI=1S/C27H22Cl3N3O5S2/c1-39(35,36)33(17-18-5-9-20(28)10-6-18)22-13-7-19(8-14-22)27(34)31-21-11-15-23(16-12-21)40(37,38)32-25-4-2-3-24(29)26(25)30/h2-16,32H,17H2,1H3,(H,31,34). The van der Waals surface area contributed by atoms with E-state index >= 15 is 0 Å². The minimum absolute atomic E-state index is 0.0487. The van der Waals surface area contributed by atoms with Crippen molar-refractivity contribution in [2.24, 2.45) is 0 Å². The molecule has 0 aliphatic carbocycles. The summed E-state index contributed by atoms with van der Waals surface area (Å²) in [6.45, 7) is 0.0924. The second-order valence-electron chi connectivity index (χ2n) is 8.63. The highest BCUT2D eigenvalue weighted by Gasteiger charge is 2.20. The van der Waals surface area contributed by atoms with Crippen LogP contribution in [0.2, 0.25) is 15.1 Å². The van der Waals surface area contributed by atoms with Crippen LogP contribution in [0, 0.1) is 0 Å². The van der Waals surface area contributed by atoms with Gasteiger partial charge in [-0.05, 0) is 78.4 Å². The highest BCUT2D eigenvalue weighted by molar-refractivity contribution is 7.92. The molecule has 0 spiro atoms. The van der Waals surface area contributed by atoms with Crippen LogP contribution in [0.25, 0.3) is 0 Å². The lowest BCUT2D eigenvalue weighted by Gasteiger charge is -2.23. The molecular formula is C27H22Cl3N3O5S2. The van der Waals surface area contributed by atoms with Crippen molar-refractivity contribution in [3.8, 4) is 0 Å². The summed E-state index contributed by atoms with van der Waals surface area (Å²) in [5.41, 5.74) is 1.90. The van der Waals surface area contributed by atoms with Gasteiger partial charge in [-0.15, -0.1) is 0 Å². The van der Waals surface area contributed by atoms with Crippen LogP contribution in [0.4, 0.5) is 17.1 Å². The highest BCUT2D eigenvalue weighted by atomic mass is 35.5. The van der Waals surface area contributed by atoms with Crippen molar-refractivity contribution in [2.75, 3.05) is 20.6 Å². The molecule has 2 N–H and O–H groups in total. The van der Waals surface area contributed by atoms with Gasteiger partial charge in [0.2, 0.25) is 10.0 Å². The molecule has 4 aromatic carbocycles. The molecule has 0 heterocycles. The average molecular weight is 639 g/mol. The maximum absolute atomic E-state index is 12.8. The van der Waals surface area contributed by atoms with E-state index in [1.54, 1.807) is 30.3 Å². The number of sulfonamides is 2. The normalized spacial score (nSPS) is 11.6. The molecule has 0 aliphatic heterocycles. The Morgan fingerprint density at radius 3 is 2.02 bits per heavy atom. The van der Waals surface area contributed by atoms with Gasteiger partial charge in [-0.1, -0.05) is 53.0 Å². The second kappa shape index (κ2) is 12.1. The largest absolute Gasteiger partial charge is 0.322 e. The Morgan fingerprint density at radius 1 is 0.800 bits per heavy atom. The summed E-state index contributed by atoms with van der Waals surface area (Å²) in [5.74, 6) is -0.463. The third kappa shape index (κ3) is 7.26. The number of benzene rings is 4. The number of rotatable bonds is 9. The first-order valence-electron chi connectivity index (χ1n) is 11.5. The van der Waals surface area contributed by atoms with Gasteiger partial charge in [-0.3, -0.25) is 13.8 Å². The van der Waals surface area contributed by atoms with Crippen LogP contribution in [0.5, 0.6) is 0 Å². The van der Waals surface area contributed by atoms with Crippen molar-refractivity contribution < 1.29 is 21.6 Å². The van der Waals surface area contributed by atoms with Crippen molar-refractivity contribution in [2.45, 2.75) is 11.4 Å². The molecule has 0 unspecified atom stereocenters. The monoisotopic (exact) mass is 637 g/mol. The molecule has 13 heteroatoms. The Balaban J connectivity index is 1.45. The SMILES string of the molecule is CS(=O)(=O)N(Cc1ccc(Cl)cc1)c1ccc(C(=O)Nc2ccc(S(=O)(=O)Nc3cccc(Cl)c3Cl)cc2)cc1. The maximum Gasteiger partial charge on any atom is 0.261 e. The minimum Gasteiger partial charge on any atom is -0.322 e. The number of halogens is 3. The van der Waals surface area contributed by atoms with Crippen LogP contribution in [0.1, 0.15) is 15.9 Å². The zero-order chi connectivity index (χ0) is 29.1. The maximum atomic E-state index is 12.8. The van der Waals surface area contributed by atoms with Gasteiger partial charge < -0.3 is 5.32 Å².